The lowest BCUT2D eigenvalue weighted by Gasteiger charge is -2.36. The van der Waals surface area contributed by atoms with Gasteiger partial charge in [-0.1, -0.05) is 11.6 Å². The zero-order valence-corrected chi connectivity index (χ0v) is 9.69. The number of carboxylic acid groups (broad SMARTS) is 2. The molecule has 0 amide bonds. The van der Waals surface area contributed by atoms with E-state index in [2.05, 4.69) is 0 Å². The Bertz CT molecular complexity index is 322. The molecule has 0 bridgehead atoms. The van der Waals surface area contributed by atoms with E-state index in [4.69, 9.17) is 5.11 Å². The van der Waals surface area contributed by atoms with Crippen molar-refractivity contribution in [2.24, 2.45) is 11.3 Å². The van der Waals surface area contributed by atoms with Crippen LogP contribution in [0.5, 0.6) is 0 Å². The van der Waals surface area contributed by atoms with Crippen LogP contribution in [-0.2, 0) is 9.59 Å². The molecule has 0 aromatic carbocycles. The Morgan fingerprint density at radius 2 is 1.75 bits per heavy atom. The van der Waals surface area contributed by atoms with Gasteiger partial charge in [0.25, 0.3) is 0 Å². The van der Waals surface area contributed by atoms with Gasteiger partial charge in [0.05, 0.1) is 11.3 Å². The third-order valence-corrected chi connectivity index (χ3v) is 3.79. The molecule has 0 spiro atoms. The van der Waals surface area contributed by atoms with Gasteiger partial charge in [0.1, 0.15) is 0 Å². The van der Waals surface area contributed by atoms with Crippen LogP contribution >= 0.6 is 0 Å². The predicted molar refractivity (Wildman–Crippen MR) is 59.1 cm³/mol. The number of hydrogen-bond donors (Lipinski definition) is 2. The van der Waals surface area contributed by atoms with Gasteiger partial charge >= 0.3 is 11.9 Å². The Hall–Kier alpha value is -1.32. The second-order valence-corrected chi connectivity index (χ2v) is 4.47. The Morgan fingerprint density at radius 1 is 1.25 bits per heavy atom. The van der Waals surface area contributed by atoms with Crippen molar-refractivity contribution in [3.63, 3.8) is 0 Å². The molecule has 0 heterocycles. The van der Waals surface area contributed by atoms with Crippen LogP contribution in [-0.4, -0.2) is 22.2 Å². The van der Waals surface area contributed by atoms with E-state index in [1.807, 2.05) is 19.9 Å². The summed E-state index contributed by atoms with van der Waals surface area (Å²) in [4.78, 5) is 22.2. The van der Waals surface area contributed by atoms with Crippen LogP contribution in [0.4, 0.5) is 0 Å². The number of carboxylic acids is 2. The fraction of sp³-hybridized carbons (Fsp3) is 0.667. The van der Waals surface area contributed by atoms with Crippen molar-refractivity contribution in [1.82, 2.24) is 0 Å². The summed E-state index contributed by atoms with van der Waals surface area (Å²) in [6.07, 6.45) is 3.57. The van der Waals surface area contributed by atoms with Gasteiger partial charge in [-0.15, -0.1) is 0 Å². The lowest BCUT2D eigenvalue weighted by atomic mass is 9.66. The maximum absolute atomic E-state index is 11.4. The number of carbonyl (C=O) groups is 2. The summed E-state index contributed by atoms with van der Waals surface area (Å²) in [7, 11) is 0. The molecule has 0 aromatic rings. The molecule has 4 heteroatoms. The van der Waals surface area contributed by atoms with Crippen molar-refractivity contribution in [2.45, 2.75) is 39.5 Å². The Labute approximate surface area is 95.0 Å². The maximum Gasteiger partial charge on any atom is 0.313 e. The van der Waals surface area contributed by atoms with Crippen molar-refractivity contribution in [1.29, 1.82) is 0 Å². The first kappa shape index (κ1) is 12.7. The fourth-order valence-corrected chi connectivity index (χ4v) is 2.41. The fourth-order valence-electron chi connectivity index (χ4n) is 2.41. The third-order valence-electron chi connectivity index (χ3n) is 3.79. The highest BCUT2D eigenvalue weighted by Gasteiger charge is 2.44. The highest BCUT2D eigenvalue weighted by Crippen LogP contribution is 2.44. The van der Waals surface area contributed by atoms with E-state index >= 15 is 0 Å². The van der Waals surface area contributed by atoms with Gasteiger partial charge in [-0.2, -0.15) is 0 Å². The predicted octanol–water partition coefficient (Wildman–Crippen LogP) is 2.30. The van der Waals surface area contributed by atoms with Crippen molar-refractivity contribution >= 4 is 11.9 Å². The van der Waals surface area contributed by atoms with Crippen LogP contribution in [0, 0.1) is 11.3 Å². The molecule has 2 N–H and O–H groups in total. The molecule has 90 valence electrons. The van der Waals surface area contributed by atoms with Crippen molar-refractivity contribution in [2.75, 3.05) is 0 Å². The molecular formula is C12H18O4. The molecule has 1 aliphatic carbocycles. The van der Waals surface area contributed by atoms with E-state index in [9.17, 15) is 14.7 Å². The molecule has 0 aromatic heterocycles. The van der Waals surface area contributed by atoms with Gasteiger partial charge < -0.3 is 10.2 Å². The maximum atomic E-state index is 11.4. The standard InChI is InChI=1S/C12H18O4/c1-3-8(2)12(11(15)16)6-4-9(5-7-12)10(13)14/h3,9H,4-7H2,1-2H3,(H,13,14)(H,15,16). The minimum Gasteiger partial charge on any atom is -0.481 e. The van der Waals surface area contributed by atoms with Crippen LogP contribution in [0.3, 0.4) is 0 Å². The first-order chi connectivity index (χ1) is 7.44. The molecule has 16 heavy (non-hydrogen) atoms. The lowest BCUT2D eigenvalue weighted by molar-refractivity contribution is -0.152. The summed E-state index contributed by atoms with van der Waals surface area (Å²) in [5.41, 5.74) is 0.00425. The van der Waals surface area contributed by atoms with Crippen molar-refractivity contribution in [3.05, 3.63) is 11.6 Å². The molecule has 1 rings (SSSR count). The quantitative estimate of drug-likeness (QED) is 0.724. The van der Waals surface area contributed by atoms with E-state index in [0.29, 0.717) is 25.7 Å². The summed E-state index contributed by atoms with van der Waals surface area (Å²) < 4.78 is 0. The van der Waals surface area contributed by atoms with Crippen LogP contribution in [0.1, 0.15) is 39.5 Å². The Morgan fingerprint density at radius 3 is 2.06 bits per heavy atom. The molecule has 1 aliphatic rings. The minimum absolute atomic E-state index is 0.378. The van der Waals surface area contributed by atoms with Crippen molar-refractivity contribution in [3.8, 4) is 0 Å². The molecule has 0 unspecified atom stereocenters. The topological polar surface area (TPSA) is 74.6 Å². The van der Waals surface area contributed by atoms with Crippen LogP contribution in [0.15, 0.2) is 11.6 Å². The molecule has 4 nitrogen and oxygen atoms in total. The summed E-state index contributed by atoms with van der Waals surface area (Å²) in [5.74, 6) is -2.01. The molecule has 1 saturated carbocycles. The molecule has 0 atom stereocenters. The third kappa shape index (κ3) is 2.10. The smallest absolute Gasteiger partial charge is 0.313 e. The van der Waals surface area contributed by atoms with Gasteiger partial charge in [0.2, 0.25) is 0 Å². The molecule has 1 fully saturated rings. The van der Waals surface area contributed by atoms with Crippen LogP contribution < -0.4 is 0 Å². The van der Waals surface area contributed by atoms with E-state index in [1.165, 1.54) is 0 Å². The number of aliphatic carboxylic acids is 2. The minimum atomic E-state index is -0.833. The van der Waals surface area contributed by atoms with Gasteiger partial charge in [-0.05, 0) is 39.5 Å². The molecule has 0 saturated heterocycles. The zero-order valence-electron chi connectivity index (χ0n) is 9.69. The molecule has 0 radical (unpaired) electrons. The van der Waals surface area contributed by atoms with Gasteiger partial charge in [0, 0.05) is 0 Å². The van der Waals surface area contributed by atoms with E-state index < -0.39 is 17.4 Å². The SMILES string of the molecule is CC=C(C)C1(C(=O)O)CCC(C(=O)O)CC1. The Kier molecular flexibility index (Phi) is 3.73. The second-order valence-electron chi connectivity index (χ2n) is 4.47. The first-order valence-corrected chi connectivity index (χ1v) is 5.53. The van der Waals surface area contributed by atoms with E-state index in [1.54, 1.807) is 0 Å². The summed E-state index contributed by atoms with van der Waals surface area (Å²) >= 11 is 0. The zero-order chi connectivity index (χ0) is 12.3. The van der Waals surface area contributed by atoms with Gasteiger partial charge in [-0.3, -0.25) is 9.59 Å². The highest BCUT2D eigenvalue weighted by atomic mass is 16.4. The van der Waals surface area contributed by atoms with Crippen molar-refractivity contribution < 1.29 is 19.8 Å². The second kappa shape index (κ2) is 4.68. The van der Waals surface area contributed by atoms with Gasteiger partial charge in [0.15, 0.2) is 0 Å². The van der Waals surface area contributed by atoms with Crippen LogP contribution in [0.25, 0.3) is 0 Å². The van der Waals surface area contributed by atoms with Crippen LogP contribution in [0.2, 0.25) is 0 Å². The summed E-state index contributed by atoms with van der Waals surface area (Å²) in [5, 5.41) is 18.2. The largest absolute Gasteiger partial charge is 0.481 e. The number of hydrogen-bond acceptors (Lipinski definition) is 2. The summed E-state index contributed by atoms with van der Waals surface area (Å²) in [6, 6.07) is 0. The Balaban J connectivity index is 2.87. The van der Waals surface area contributed by atoms with E-state index in [-0.39, 0.29) is 5.92 Å². The first-order valence-electron chi connectivity index (χ1n) is 5.53. The number of allylic oxidation sites excluding steroid dienone is 1. The average Bonchev–Trinajstić information content (AvgIpc) is 2.27. The number of rotatable bonds is 3. The molecular weight excluding hydrogens is 208 g/mol. The normalized spacial score (nSPS) is 31.1. The highest BCUT2D eigenvalue weighted by molar-refractivity contribution is 5.79. The van der Waals surface area contributed by atoms with Gasteiger partial charge in [-0.25, -0.2) is 0 Å². The lowest BCUT2D eigenvalue weighted by Crippen LogP contribution is -2.38. The molecule has 0 aliphatic heterocycles. The van der Waals surface area contributed by atoms with E-state index in [0.717, 1.165) is 5.57 Å². The average molecular weight is 226 g/mol. The monoisotopic (exact) mass is 226 g/mol. The summed E-state index contributed by atoms with van der Waals surface area (Å²) in [6.45, 7) is 3.64.